The quantitative estimate of drug-likeness (QED) is 0.620. The van der Waals surface area contributed by atoms with Crippen molar-refractivity contribution < 1.29 is 9.53 Å². The Morgan fingerprint density at radius 2 is 2.23 bits per heavy atom. The summed E-state index contributed by atoms with van der Waals surface area (Å²) in [6, 6.07) is 9.53. The first-order valence-electron chi connectivity index (χ1n) is 7.19. The minimum absolute atomic E-state index is 0.00470. The van der Waals surface area contributed by atoms with E-state index in [2.05, 4.69) is 11.4 Å². The van der Waals surface area contributed by atoms with E-state index in [0.717, 1.165) is 5.56 Å². The molecule has 5 heteroatoms. The summed E-state index contributed by atoms with van der Waals surface area (Å²) in [5.41, 5.74) is 1.54. The summed E-state index contributed by atoms with van der Waals surface area (Å²) in [6.07, 6.45) is 2.09. The van der Waals surface area contributed by atoms with Crippen LogP contribution >= 0.6 is 0 Å². The molecule has 0 aromatic heterocycles. The maximum Gasteiger partial charge on any atom is 0.224 e. The van der Waals surface area contributed by atoms with Crippen LogP contribution < -0.4 is 10.1 Å². The highest BCUT2D eigenvalue weighted by atomic mass is 16.5. The third-order valence-corrected chi connectivity index (χ3v) is 3.16. The molecule has 1 rings (SSSR count). The Kier molecular flexibility index (Phi) is 7.14. The number of nitrogens with one attached hydrogen (secondary N) is 1. The SMILES string of the molecule is CC(C#N)=Cc1cccc(OCCC(=O)NC(C)N(C)C)c1. The number of ether oxygens (including phenoxy) is 1. The molecule has 0 aliphatic heterocycles. The lowest BCUT2D eigenvalue weighted by Gasteiger charge is -2.20. The average molecular weight is 301 g/mol. The van der Waals surface area contributed by atoms with E-state index < -0.39 is 0 Å². The van der Waals surface area contributed by atoms with Crippen LogP contribution in [0.15, 0.2) is 29.8 Å². The van der Waals surface area contributed by atoms with Crippen molar-refractivity contribution in [1.82, 2.24) is 10.2 Å². The monoisotopic (exact) mass is 301 g/mol. The van der Waals surface area contributed by atoms with E-state index in [1.807, 2.05) is 50.2 Å². The Labute approximate surface area is 132 Å². The van der Waals surface area contributed by atoms with Gasteiger partial charge in [-0.15, -0.1) is 0 Å². The lowest BCUT2D eigenvalue weighted by Crippen LogP contribution is -2.42. The van der Waals surface area contributed by atoms with Gasteiger partial charge in [0.2, 0.25) is 5.91 Å². The van der Waals surface area contributed by atoms with E-state index in [1.165, 1.54) is 0 Å². The van der Waals surface area contributed by atoms with Crippen molar-refractivity contribution in [2.45, 2.75) is 26.4 Å². The van der Waals surface area contributed by atoms with Crippen LogP contribution in [0, 0.1) is 11.3 Å². The molecule has 0 saturated heterocycles. The van der Waals surface area contributed by atoms with Gasteiger partial charge in [0.25, 0.3) is 0 Å². The van der Waals surface area contributed by atoms with Crippen molar-refractivity contribution in [1.29, 1.82) is 5.26 Å². The molecule has 1 N–H and O–H groups in total. The molecule has 1 aromatic rings. The van der Waals surface area contributed by atoms with Crippen LogP contribution in [0.2, 0.25) is 0 Å². The zero-order valence-electron chi connectivity index (χ0n) is 13.6. The van der Waals surface area contributed by atoms with Gasteiger partial charge in [0.15, 0.2) is 0 Å². The minimum atomic E-state index is -0.0439. The minimum Gasteiger partial charge on any atom is -0.493 e. The summed E-state index contributed by atoms with van der Waals surface area (Å²) in [5.74, 6) is 0.644. The fraction of sp³-hybridized carbons (Fsp3) is 0.412. The lowest BCUT2D eigenvalue weighted by atomic mass is 10.1. The number of rotatable bonds is 7. The summed E-state index contributed by atoms with van der Waals surface area (Å²) < 4.78 is 5.59. The van der Waals surface area contributed by atoms with Gasteiger partial charge in [0.1, 0.15) is 5.75 Å². The van der Waals surface area contributed by atoms with E-state index in [1.54, 1.807) is 13.0 Å². The summed E-state index contributed by atoms with van der Waals surface area (Å²) >= 11 is 0. The third-order valence-electron chi connectivity index (χ3n) is 3.16. The second kappa shape index (κ2) is 8.85. The Bertz CT molecular complexity index is 574. The van der Waals surface area contributed by atoms with Crippen molar-refractivity contribution >= 4 is 12.0 Å². The molecular weight excluding hydrogens is 278 g/mol. The normalized spacial score (nSPS) is 12.6. The van der Waals surface area contributed by atoms with Crippen molar-refractivity contribution in [3.05, 3.63) is 35.4 Å². The van der Waals surface area contributed by atoms with E-state index in [4.69, 9.17) is 10.00 Å². The van der Waals surface area contributed by atoms with Gasteiger partial charge in [-0.05, 0) is 51.7 Å². The number of nitriles is 1. The van der Waals surface area contributed by atoms with E-state index in [0.29, 0.717) is 24.4 Å². The van der Waals surface area contributed by atoms with Gasteiger partial charge >= 0.3 is 0 Å². The summed E-state index contributed by atoms with van der Waals surface area (Å²) in [7, 11) is 3.81. The van der Waals surface area contributed by atoms with Crippen molar-refractivity contribution in [2.24, 2.45) is 0 Å². The number of hydrogen-bond donors (Lipinski definition) is 1. The second-order valence-electron chi connectivity index (χ2n) is 5.32. The molecule has 1 aromatic carbocycles. The van der Waals surface area contributed by atoms with Crippen molar-refractivity contribution in [3.8, 4) is 11.8 Å². The first-order valence-corrected chi connectivity index (χ1v) is 7.19. The average Bonchev–Trinajstić information content (AvgIpc) is 2.47. The van der Waals surface area contributed by atoms with E-state index in [9.17, 15) is 4.79 Å². The fourth-order valence-corrected chi connectivity index (χ4v) is 1.67. The molecule has 0 radical (unpaired) electrons. The van der Waals surface area contributed by atoms with Crippen molar-refractivity contribution in [2.75, 3.05) is 20.7 Å². The van der Waals surface area contributed by atoms with Gasteiger partial charge in [-0.1, -0.05) is 12.1 Å². The third kappa shape index (κ3) is 6.42. The van der Waals surface area contributed by atoms with Crippen LogP contribution in [0.3, 0.4) is 0 Å². The van der Waals surface area contributed by atoms with Crippen LogP contribution in [0.4, 0.5) is 0 Å². The van der Waals surface area contributed by atoms with Gasteiger partial charge in [-0.2, -0.15) is 5.26 Å². The van der Waals surface area contributed by atoms with Gasteiger partial charge in [-0.3, -0.25) is 9.69 Å². The Morgan fingerprint density at radius 3 is 2.86 bits per heavy atom. The summed E-state index contributed by atoms with van der Waals surface area (Å²) in [4.78, 5) is 13.7. The lowest BCUT2D eigenvalue weighted by molar-refractivity contribution is -0.123. The highest BCUT2D eigenvalue weighted by Gasteiger charge is 2.08. The maximum absolute atomic E-state index is 11.7. The predicted molar refractivity (Wildman–Crippen MR) is 87.1 cm³/mol. The summed E-state index contributed by atoms with van der Waals surface area (Å²) in [6.45, 7) is 3.99. The molecule has 1 amide bonds. The molecule has 0 bridgehead atoms. The smallest absolute Gasteiger partial charge is 0.224 e. The molecule has 0 heterocycles. The second-order valence-corrected chi connectivity index (χ2v) is 5.32. The number of amides is 1. The first kappa shape index (κ1) is 17.7. The van der Waals surface area contributed by atoms with E-state index >= 15 is 0 Å². The number of allylic oxidation sites excluding steroid dienone is 1. The number of carbonyl (C=O) groups is 1. The zero-order chi connectivity index (χ0) is 16.5. The Balaban J connectivity index is 2.47. The topological polar surface area (TPSA) is 65.4 Å². The van der Waals surface area contributed by atoms with Gasteiger partial charge in [-0.25, -0.2) is 0 Å². The highest BCUT2D eigenvalue weighted by Crippen LogP contribution is 2.16. The molecule has 1 unspecified atom stereocenters. The van der Waals surface area contributed by atoms with Crippen LogP contribution in [-0.4, -0.2) is 37.7 Å². The predicted octanol–water partition coefficient (Wildman–Crippen LogP) is 2.41. The van der Waals surface area contributed by atoms with Gasteiger partial charge in [0.05, 0.1) is 25.3 Å². The molecule has 1 atom stereocenters. The van der Waals surface area contributed by atoms with Crippen LogP contribution in [0.5, 0.6) is 5.75 Å². The fourth-order valence-electron chi connectivity index (χ4n) is 1.67. The Morgan fingerprint density at radius 1 is 1.50 bits per heavy atom. The Hall–Kier alpha value is -2.32. The molecule has 0 spiro atoms. The van der Waals surface area contributed by atoms with Crippen molar-refractivity contribution in [3.63, 3.8) is 0 Å². The number of hydrogen-bond acceptors (Lipinski definition) is 4. The number of benzene rings is 1. The molecule has 0 aliphatic rings. The van der Waals surface area contributed by atoms with Gasteiger partial charge < -0.3 is 10.1 Å². The molecule has 0 saturated carbocycles. The van der Waals surface area contributed by atoms with Crippen LogP contribution in [-0.2, 0) is 4.79 Å². The van der Waals surface area contributed by atoms with Gasteiger partial charge in [0, 0.05) is 5.57 Å². The maximum atomic E-state index is 11.7. The molecule has 22 heavy (non-hydrogen) atoms. The highest BCUT2D eigenvalue weighted by molar-refractivity contribution is 5.76. The number of nitrogens with zero attached hydrogens (tertiary/aromatic N) is 2. The molecular formula is C17H23N3O2. The largest absolute Gasteiger partial charge is 0.493 e. The zero-order valence-corrected chi connectivity index (χ0v) is 13.6. The summed E-state index contributed by atoms with van der Waals surface area (Å²) in [5, 5.41) is 11.7. The number of carbonyl (C=O) groups excluding carboxylic acids is 1. The van der Waals surface area contributed by atoms with E-state index in [-0.39, 0.29) is 12.1 Å². The molecule has 0 fully saturated rings. The molecule has 118 valence electrons. The molecule has 0 aliphatic carbocycles. The van der Waals surface area contributed by atoms with Crippen LogP contribution in [0.25, 0.3) is 6.08 Å². The first-order chi connectivity index (χ1) is 10.4. The standard InChI is InChI=1S/C17H23N3O2/c1-13(12-18)10-15-6-5-7-16(11-15)22-9-8-17(21)19-14(2)20(3)4/h5-7,10-11,14H,8-9H2,1-4H3,(H,19,21). The molecule has 5 nitrogen and oxygen atoms in total. The van der Waals surface area contributed by atoms with Crippen LogP contribution in [0.1, 0.15) is 25.8 Å².